The molecule has 1 atom stereocenters. The molecule has 0 heterocycles. The summed E-state index contributed by atoms with van der Waals surface area (Å²) in [6.45, 7) is 5.91. The van der Waals surface area contributed by atoms with Crippen molar-refractivity contribution in [2.75, 3.05) is 12.4 Å². The van der Waals surface area contributed by atoms with Gasteiger partial charge in [-0.15, -0.1) is 0 Å². The summed E-state index contributed by atoms with van der Waals surface area (Å²) in [5, 5.41) is 2.98. The molecule has 0 aliphatic rings. The standard InChI is InChI=1S/C15H22FNO2/c1-11(2)9-10-15(3,14(18)19-4)17-13-8-6-5-7-12(13)16/h5-8,11,17H,9-10H2,1-4H3. The van der Waals surface area contributed by atoms with Crippen molar-refractivity contribution in [1.82, 2.24) is 0 Å². The van der Waals surface area contributed by atoms with E-state index in [4.69, 9.17) is 4.74 Å². The van der Waals surface area contributed by atoms with Gasteiger partial charge in [0, 0.05) is 0 Å². The fourth-order valence-corrected chi connectivity index (χ4v) is 1.88. The molecule has 1 aromatic carbocycles. The van der Waals surface area contributed by atoms with E-state index in [1.54, 1.807) is 25.1 Å². The van der Waals surface area contributed by atoms with E-state index in [-0.39, 0.29) is 11.8 Å². The minimum atomic E-state index is -0.915. The van der Waals surface area contributed by atoms with Crippen LogP contribution >= 0.6 is 0 Å². The second kappa shape index (κ2) is 6.55. The van der Waals surface area contributed by atoms with Crippen LogP contribution in [0.2, 0.25) is 0 Å². The molecule has 0 aliphatic heterocycles. The van der Waals surface area contributed by atoms with Crippen molar-refractivity contribution < 1.29 is 13.9 Å². The van der Waals surface area contributed by atoms with Crippen LogP contribution in [0.15, 0.2) is 24.3 Å². The number of methoxy groups -OCH3 is 1. The Kier molecular flexibility index (Phi) is 5.33. The molecule has 0 saturated carbocycles. The van der Waals surface area contributed by atoms with Gasteiger partial charge in [-0.2, -0.15) is 0 Å². The highest BCUT2D eigenvalue weighted by Gasteiger charge is 2.34. The van der Waals surface area contributed by atoms with Crippen LogP contribution in [0.3, 0.4) is 0 Å². The number of carbonyl (C=O) groups is 1. The second-order valence-corrected chi connectivity index (χ2v) is 5.36. The molecule has 0 bridgehead atoms. The maximum Gasteiger partial charge on any atom is 0.331 e. The van der Waals surface area contributed by atoms with E-state index >= 15 is 0 Å². The van der Waals surface area contributed by atoms with Crippen molar-refractivity contribution in [2.24, 2.45) is 5.92 Å². The van der Waals surface area contributed by atoms with Crippen LogP contribution in [0.1, 0.15) is 33.6 Å². The van der Waals surface area contributed by atoms with Crippen LogP contribution in [-0.4, -0.2) is 18.6 Å². The van der Waals surface area contributed by atoms with Gasteiger partial charge >= 0.3 is 5.97 Å². The number of esters is 1. The van der Waals surface area contributed by atoms with Gasteiger partial charge < -0.3 is 10.1 Å². The summed E-state index contributed by atoms with van der Waals surface area (Å²) < 4.78 is 18.5. The van der Waals surface area contributed by atoms with Crippen molar-refractivity contribution in [2.45, 2.75) is 39.2 Å². The molecule has 0 aliphatic carbocycles. The predicted octanol–water partition coefficient (Wildman–Crippen LogP) is 3.61. The van der Waals surface area contributed by atoms with E-state index in [9.17, 15) is 9.18 Å². The summed E-state index contributed by atoms with van der Waals surface area (Å²) in [4.78, 5) is 12.0. The van der Waals surface area contributed by atoms with Gasteiger partial charge in [0.2, 0.25) is 0 Å². The maximum absolute atomic E-state index is 13.7. The van der Waals surface area contributed by atoms with Crippen LogP contribution in [0.25, 0.3) is 0 Å². The Labute approximate surface area is 114 Å². The fraction of sp³-hybridized carbons (Fsp3) is 0.533. The molecular weight excluding hydrogens is 245 g/mol. The Morgan fingerprint density at radius 2 is 2.05 bits per heavy atom. The smallest absolute Gasteiger partial charge is 0.331 e. The maximum atomic E-state index is 13.7. The Balaban J connectivity index is 2.91. The first kappa shape index (κ1) is 15.5. The summed E-state index contributed by atoms with van der Waals surface area (Å²) in [6.07, 6.45) is 1.44. The highest BCUT2D eigenvalue weighted by molar-refractivity contribution is 5.84. The highest BCUT2D eigenvalue weighted by Crippen LogP contribution is 2.25. The molecule has 0 amide bonds. The van der Waals surface area contributed by atoms with Crippen LogP contribution < -0.4 is 5.32 Å². The fourth-order valence-electron chi connectivity index (χ4n) is 1.88. The minimum Gasteiger partial charge on any atom is -0.467 e. The van der Waals surface area contributed by atoms with E-state index < -0.39 is 5.54 Å². The van der Waals surface area contributed by atoms with Crippen LogP contribution in [0.4, 0.5) is 10.1 Å². The molecule has 0 aromatic heterocycles. The molecule has 1 aromatic rings. The number of halogens is 1. The summed E-state index contributed by atoms with van der Waals surface area (Å²) in [5.74, 6) is -0.287. The quantitative estimate of drug-likeness (QED) is 0.800. The minimum absolute atomic E-state index is 0.319. The largest absolute Gasteiger partial charge is 0.467 e. The van der Waals surface area contributed by atoms with Gasteiger partial charge in [-0.05, 0) is 37.8 Å². The summed E-state index contributed by atoms with van der Waals surface area (Å²) in [7, 11) is 1.35. The Bertz CT molecular complexity index is 434. The van der Waals surface area contributed by atoms with E-state index in [0.29, 0.717) is 18.0 Å². The topological polar surface area (TPSA) is 38.3 Å². The summed E-state index contributed by atoms with van der Waals surface area (Å²) in [5.41, 5.74) is -0.597. The Hall–Kier alpha value is -1.58. The van der Waals surface area contributed by atoms with Gasteiger partial charge in [-0.3, -0.25) is 0 Å². The zero-order valence-electron chi connectivity index (χ0n) is 12.0. The molecule has 106 valence electrons. The van der Waals surface area contributed by atoms with Gasteiger partial charge in [-0.1, -0.05) is 26.0 Å². The normalized spacial score (nSPS) is 14.0. The first-order valence-electron chi connectivity index (χ1n) is 6.50. The molecular formula is C15H22FNO2. The third-order valence-electron chi connectivity index (χ3n) is 3.14. The molecule has 0 fully saturated rings. The van der Waals surface area contributed by atoms with Crippen LogP contribution in [0.5, 0.6) is 0 Å². The molecule has 19 heavy (non-hydrogen) atoms. The molecule has 0 radical (unpaired) electrons. The van der Waals surface area contributed by atoms with Gasteiger partial charge in [0.15, 0.2) is 0 Å². The third-order valence-corrected chi connectivity index (χ3v) is 3.14. The van der Waals surface area contributed by atoms with Crippen molar-refractivity contribution in [3.05, 3.63) is 30.1 Å². The van der Waals surface area contributed by atoms with Crippen molar-refractivity contribution in [3.8, 4) is 0 Å². The predicted molar refractivity (Wildman–Crippen MR) is 74.5 cm³/mol. The molecule has 1 N–H and O–H groups in total. The monoisotopic (exact) mass is 267 g/mol. The van der Waals surface area contributed by atoms with Gasteiger partial charge in [0.1, 0.15) is 11.4 Å². The number of anilines is 1. The number of para-hydroxylation sites is 1. The number of nitrogens with one attached hydrogen (secondary N) is 1. The van der Waals surface area contributed by atoms with E-state index in [1.165, 1.54) is 13.2 Å². The summed E-state index contributed by atoms with van der Waals surface area (Å²) >= 11 is 0. The Morgan fingerprint density at radius 3 is 2.58 bits per heavy atom. The van der Waals surface area contributed by atoms with Gasteiger partial charge in [0.25, 0.3) is 0 Å². The average molecular weight is 267 g/mol. The van der Waals surface area contributed by atoms with E-state index in [2.05, 4.69) is 19.2 Å². The van der Waals surface area contributed by atoms with Crippen molar-refractivity contribution in [3.63, 3.8) is 0 Å². The number of ether oxygens (including phenoxy) is 1. The van der Waals surface area contributed by atoms with E-state index in [1.807, 2.05) is 0 Å². The summed E-state index contributed by atoms with van der Waals surface area (Å²) in [6, 6.07) is 6.32. The lowest BCUT2D eigenvalue weighted by atomic mass is 9.91. The molecule has 1 unspecified atom stereocenters. The third kappa shape index (κ3) is 4.23. The molecule has 0 saturated heterocycles. The Morgan fingerprint density at radius 1 is 1.42 bits per heavy atom. The van der Waals surface area contributed by atoms with E-state index in [0.717, 1.165) is 6.42 Å². The van der Waals surface area contributed by atoms with Crippen LogP contribution in [-0.2, 0) is 9.53 Å². The number of hydrogen-bond donors (Lipinski definition) is 1. The van der Waals surface area contributed by atoms with Gasteiger partial charge in [0.05, 0.1) is 12.8 Å². The number of hydrogen-bond acceptors (Lipinski definition) is 3. The number of benzene rings is 1. The SMILES string of the molecule is COC(=O)C(C)(CCC(C)C)Nc1ccccc1F. The molecule has 3 nitrogen and oxygen atoms in total. The second-order valence-electron chi connectivity index (χ2n) is 5.36. The first-order chi connectivity index (χ1) is 8.89. The zero-order valence-corrected chi connectivity index (χ0v) is 12.0. The zero-order chi connectivity index (χ0) is 14.5. The average Bonchev–Trinajstić information content (AvgIpc) is 2.38. The van der Waals surface area contributed by atoms with Crippen LogP contribution in [0, 0.1) is 11.7 Å². The van der Waals surface area contributed by atoms with Crippen molar-refractivity contribution in [1.29, 1.82) is 0 Å². The highest BCUT2D eigenvalue weighted by atomic mass is 19.1. The van der Waals surface area contributed by atoms with Crippen molar-refractivity contribution >= 4 is 11.7 Å². The number of rotatable bonds is 6. The lowest BCUT2D eigenvalue weighted by Crippen LogP contribution is -2.44. The lowest BCUT2D eigenvalue weighted by molar-refractivity contribution is -0.145. The molecule has 0 spiro atoms. The van der Waals surface area contributed by atoms with Gasteiger partial charge in [-0.25, -0.2) is 9.18 Å². The first-order valence-corrected chi connectivity index (χ1v) is 6.50. The molecule has 4 heteroatoms. The lowest BCUT2D eigenvalue weighted by Gasteiger charge is -2.30. The number of carbonyl (C=O) groups excluding carboxylic acids is 1. The molecule has 1 rings (SSSR count).